The van der Waals surface area contributed by atoms with Gasteiger partial charge >= 0.3 is 5.97 Å². The molecule has 0 fully saturated rings. The molecule has 6 nitrogen and oxygen atoms in total. The molecule has 1 rings (SSSR count). The monoisotopic (exact) mass is 267 g/mol. The number of nitrogens with zero attached hydrogens (tertiary/aromatic N) is 1. The predicted molar refractivity (Wildman–Crippen MR) is 69.4 cm³/mol. The molecule has 0 radical (unpaired) electrons. The van der Waals surface area contributed by atoms with E-state index in [0.29, 0.717) is 5.75 Å². The lowest BCUT2D eigenvalue weighted by Gasteiger charge is -2.11. The first kappa shape index (κ1) is 14.9. The number of nitro benzene ring substituents is 1. The van der Waals surface area contributed by atoms with E-state index in [4.69, 9.17) is 9.47 Å². The van der Waals surface area contributed by atoms with Gasteiger partial charge in [0.15, 0.2) is 0 Å². The van der Waals surface area contributed by atoms with Crippen LogP contribution in [-0.4, -0.2) is 23.1 Å². The van der Waals surface area contributed by atoms with Gasteiger partial charge in [0, 0.05) is 0 Å². The average molecular weight is 267 g/mol. The fraction of sp³-hybridized carbons (Fsp3) is 0.462. The second-order valence-electron chi connectivity index (χ2n) is 4.56. The van der Waals surface area contributed by atoms with Crippen molar-refractivity contribution in [3.63, 3.8) is 0 Å². The molecule has 0 saturated heterocycles. The highest BCUT2D eigenvalue weighted by atomic mass is 16.6. The molecule has 0 aromatic heterocycles. The Balaban J connectivity index is 3.11. The summed E-state index contributed by atoms with van der Waals surface area (Å²) in [5.41, 5.74) is -0.390. The Kier molecular flexibility index (Phi) is 4.86. The van der Waals surface area contributed by atoms with Gasteiger partial charge in [0.1, 0.15) is 11.3 Å². The van der Waals surface area contributed by atoms with Crippen LogP contribution in [0.5, 0.6) is 5.75 Å². The molecule has 0 amide bonds. The van der Waals surface area contributed by atoms with E-state index in [9.17, 15) is 14.9 Å². The summed E-state index contributed by atoms with van der Waals surface area (Å²) >= 11 is 0. The molecule has 104 valence electrons. The highest BCUT2D eigenvalue weighted by Gasteiger charge is 2.23. The summed E-state index contributed by atoms with van der Waals surface area (Å²) in [5.74, 6) is -0.361. The van der Waals surface area contributed by atoms with Crippen molar-refractivity contribution < 1.29 is 19.2 Å². The molecule has 0 N–H and O–H groups in total. The molecule has 0 spiro atoms. The van der Waals surface area contributed by atoms with E-state index in [2.05, 4.69) is 0 Å². The van der Waals surface area contributed by atoms with Crippen LogP contribution in [0.4, 0.5) is 5.69 Å². The zero-order chi connectivity index (χ0) is 14.6. The second kappa shape index (κ2) is 6.17. The highest BCUT2D eigenvalue weighted by molar-refractivity contribution is 5.94. The Hall–Kier alpha value is -2.11. The van der Waals surface area contributed by atoms with Gasteiger partial charge in [-0.15, -0.1) is 0 Å². The van der Waals surface area contributed by atoms with Crippen molar-refractivity contribution in [1.29, 1.82) is 0 Å². The molecule has 6 heteroatoms. The zero-order valence-corrected chi connectivity index (χ0v) is 11.4. The van der Waals surface area contributed by atoms with E-state index < -0.39 is 10.9 Å². The number of rotatable bonds is 5. The summed E-state index contributed by atoms with van der Waals surface area (Å²) in [5, 5.41) is 11.0. The summed E-state index contributed by atoms with van der Waals surface area (Å²) in [4.78, 5) is 22.1. The predicted octanol–water partition coefficient (Wildman–Crippen LogP) is 2.95. The number of nitro groups is 1. The van der Waals surface area contributed by atoms with E-state index in [1.165, 1.54) is 18.2 Å². The van der Waals surface area contributed by atoms with Crippen molar-refractivity contribution in [2.45, 2.75) is 39.9 Å². The molecular formula is C13H17NO5. The van der Waals surface area contributed by atoms with Crippen LogP contribution in [0, 0.1) is 10.1 Å². The summed E-state index contributed by atoms with van der Waals surface area (Å²) < 4.78 is 10.3. The van der Waals surface area contributed by atoms with Crippen molar-refractivity contribution in [3.8, 4) is 5.75 Å². The summed E-state index contributed by atoms with van der Waals surface area (Å²) in [6.07, 6.45) is -0.438. The van der Waals surface area contributed by atoms with E-state index in [1.54, 1.807) is 13.8 Å². The van der Waals surface area contributed by atoms with E-state index in [0.717, 1.165) is 0 Å². The van der Waals surface area contributed by atoms with Crippen molar-refractivity contribution >= 4 is 11.7 Å². The first-order valence-corrected chi connectivity index (χ1v) is 5.97. The second-order valence-corrected chi connectivity index (χ2v) is 4.56. The topological polar surface area (TPSA) is 78.7 Å². The fourth-order valence-corrected chi connectivity index (χ4v) is 1.46. The molecule has 19 heavy (non-hydrogen) atoms. The van der Waals surface area contributed by atoms with Gasteiger partial charge in [0.2, 0.25) is 0 Å². The number of ether oxygens (including phenoxy) is 2. The molecule has 0 unspecified atom stereocenters. The van der Waals surface area contributed by atoms with Gasteiger partial charge in [0.25, 0.3) is 5.69 Å². The molecule has 0 saturated carbocycles. The number of benzene rings is 1. The van der Waals surface area contributed by atoms with E-state index >= 15 is 0 Å². The van der Waals surface area contributed by atoms with Gasteiger partial charge < -0.3 is 9.47 Å². The van der Waals surface area contributed by atoms with Crippen LogP contribution in [0.1, 0.15) is 38.1 Å². The molecular weight excluding hydrogens is 250 g/mol. The fourth-order valence-electron chi connectivity index (χ4n) is 1.46. The maximum absolute atomic E-state index is 11.7. The van der Waals surface area contributed by atoms with E-state index in [-0.39, 0.29) is 23.5 Å². The smallest absolute Gasteiger partial charge is 0.345 e. The first-order valence-electron chi connectivity index (χ1n) is 5.97. The minimum Gasteiger partial charge on any atom is -0.491 e. The van der Waals surface area contributed by atoms with Gasteiger partial charge in [-0.25, -0.2) is 4.79 Å². The van der Waals surface area contributed by atoms with Gasteiger partial charge in [-0.3, -0.25) is 10.1 Å². The number of carbonyl (C=O) groups is 1. The SMILES string of the molecule is CC(C)OC(=O)c1ccc(OC(C)C)cc1[N+](=O)[O-]. The maximum Gasteiger partial charge on any atom is 0.345 e. The van der Waals surface area contributed by atoms with Crippen molar-refractivity contribution in [2.75, 3.05) is 0 Å². The maximum atomic E-state index is 11.7. The molecule has 1 aromatic carbocycles. The Morgan fingerprint density at radius 2 is 1.84 bits per heavy atom. The molecule has 1 aromatic rings. The molecule has 0 aliphatic rings. The van der Waals surface area contributed by atoms with Crippen LogP contribution in [0.3, 0.4) is 0 Å². The van der Waals surface area contributed by atoms with Crippen molar-refractivity contribution in [3.05, 3.63) is 33.9 Å². The quantitative estimate of drug-likeness (QED) is 0.465. The van der Waals surface area contributed by atoms with Crippen LogP contribution >= 0.6 is 0 Å². The van der Waals surface area contributed by atoms with Crippen molar-refractivity contribution in [1.82, 2.24) is 0 Å². The largest absolute Gasteiger partial charge is 0.491 e. The summed E-state index contributed by atoms with van der Waals surface area (Å²) in [7, 11) is 0. The van der Waals surface area contributed by atoms with Crippen molar-refractivity contribution in [2.24, 2.45) is 0 Å². The van der Waals surface area contributed by atoms with Gasteiger partial charge in [-0.1, -0.05) is 0 Å². The standard InChI is InChI=1S/C13H17NO5/c1-8(2)18-10-5-6-11(12(7-10)14(16)17)13(15)19-9(3)4/h5-9H,1-4H3. The normalized spacial score (nSPS) is 10.6. The lowest BCUT2D eigenvalue weighted by atomic mass is 10.1. The van der Waals surface area contributed by atoms with Crippen LogP contribution in [0.25, 0.3) is 0 Å². The summed E-state index contributed by atoms with van der Waals surface area (Å²) in [6, 6.07) is 4.10. The summed E-state index contributed by atoms with van der Waals surface area (Å²) in [6.45, 7) is 6.99. The van der Waals surface area contributed by atoms with Gasteiger partial charge in [0.05, 0.1) is 23.2 Å². The van der Waals surface area contributed by atoms with Crippen LogP contribution in [-0.2, 0) is 4.74 Å². The molecule has 0 aliphatic heterocycles. The third kappa shape index (κ3) is 4.24. The molecule has 0 atom stereocenters. The Labute approximate surface area is 111 Å². The lowest BCUT2D eigenvalue weighted by molar-refractivity contribution is -0.385. The third-order valence-electron chi connectivity index (χ3n) is 2.10. The number of esters is 1. The van der Waals surface area contributed by atoms with Crippen LogP contribution < -0.4 is 4.74 Å². The Morgan fingerprint density at radius 3 is 2.32 bits per heavy atom. The molecule has 0 bridgehead atoms. The van der Waals surface area contributed by atoms with E-state index in [1.807, 2.05) is 13.8 Å². The minimum atomic E-state index is -0.710. The number of carbonyl (C=O) groups excluding carboxylic acids is 1. The van der Waals surface area contributed by atoms with Crippen LogP contribution in [0.2, 0.25) is 0 Å². The Bertz CT molecular complexity index is 482. The average Bonchev–Trinajstić information content (AvgIpc) is 2.26. The first-order chi connectivity index (χ1) is 8.81. The number of hydrogen-bond donors (Lipinski definition) is 0. The van der Waals surface area contributed by atoms with Crippen LogP contribution in [0.15, 0.2) is 18.2 Å². The number of hydrogen-bond acceptors (Lipinski definition) is 5. The molecule has 0 heterocycles. The third-order valence-corrected chi connectivity index (χ3v) is 2.10. The van der Waals surface area contributed by atoms with Gasteiger partial charge in [-0.2, -0.15) is 0 Å². The highest BCUT2D eigenvalue weighted by Crippen LogP contribution is 2.26. The zero-order valence-electron chi connectivity index (χ0n) is 11.4. The molecule has 0 aliphatic carbocycles. The lowest BCUT2D eigenvalue weighted by Crippen LogP contribution is -2.14. The van der Waals surface area contributed by atoms with Gasteiger partial charge in [-0.05, 0) is 39.8 Å². The Morgan fingerprint density at radius 1 is 1.21 bits per heavy atom. The minimum absolute atomic E-state index is 0.0743.